The maximum Gasteiger partial charge on any atom is 0.146 e. The molecule has 0 fully saturated rings. The van der Waals surface area contributed by atoms with E-state index in [0.29, 0.717) is 5.69 Å². The van der Waals surface area contributed by atoms with Crippen molar-refractivity contribution in [3.05, 3.63) is 59.4 Å². The number of ether oxygens (including phenoxy) is 1. The van der Waals surface area contributed by atoms with Gasteiger partial charge >= 0.3 is 0 Å². The van der Waals surface area contributed by atoms with Crippen LogP contribution in [0.25, 0.3) is 0 Å². The number of hydrogen-bond donors (Lipinski definition) is 1. The minimum atomic E-state index is -0.204. The fraction of sp³-hybridized carbons (Fsp3) is 0.250. The van der Waals surface area contributed by atoms with E-state index in [1.165, 1.54) is 17.2 Å². The van der Waals surface area contributed by atoms with E-state index in [0.717, 1.165) is 31.7 Å². The zero-order chi connectivity index (χ0) is 13.1. The second-order valence-electron chi connectivity index (χ2n) is 4.70. The summed E-state index contributed by atoms with van der Waals surface area (Å²) in [6.45, 7) is 1.51. The molecule has 0 amide bonds. The van der Waals surface area contributed by atoms with Gasteiger partial charge in [-0.05, 0) is 35.7 Å². The van der Waals surface area contributed by atoms with Gasteiger partial charge < -0.3 is 10.1 Å². The van der Waals surface area contributed by atoms with Crippen LogP contribution in [0.3, 0.4) is 0 Å². The van der Waals surface area contributed by atoms with Crippen molar-refractivity contribution in [1.82, 2.24) is 0 Å². The molecule has 19 heavy (non-hydrogen) atoms. The van der Waals surface area contributed by atoms with Gasteiger partial charge in [-0.15, -0.1) is 0 Å². The lowest BCUT2D eigenvalue weighted by molar-refractivity contribution is 0.357. The summed E-state index contributed by atoms with van der Waals surface area (Å²) in [4.78, 5) is 0. The van der Waals surface area contributed by atoms with Crippen LogP contribution >= 0.6 is 0 Å². The van der Waals surface area contributed by atoms with Gasteiger partial charge in [-0.3, -0.25) is 0 Å². The Hall–Kier alpha value is -2.03. The third-order valence-electron chi connectivity index (χ3n) is 3.36. The van der Waals surface area contributed by atoms with Gasteiger partial charge in [0.1, 0.15) is 11.6 Å². The zero-order valence-electron chi connectivity index (χ0n) is 10.7. The molecule has 0 saturated carbocycles. The third kappa shape index (κ3) is 2.70. The van der Waals surface area contributed by atoms with Crippen molar-refractivity contribution in [2.24, 2.45) is 0 Å². The van der Waals surface area contributed by atoms with Gasteiger partial charge in [-0.25, -0.2) is 4.39 Å². The van der Waals surface area contributed by atoms with Gasteiger partial charge in [-0.2, -0.15) is 0 Å². The summed E-state index contributed by atoms with van der Waals surface area (Å²) in [5.41, 5.74) is 3.10. The quantitative estimate of drug-likeness (QED) is 0.906. The van der Waals surface area contributed by atoms with Crippen LogP contribution in [0.5, 0.6) is 5.75 Å². The minimum Gasteiger partial charge on any atom is -0.493 e. The van der Waals surface area contributed by atoms with Gasteiger partial charge in [0.2, 0.25) is 0 Å². The molecular formula is C16H16FNO. The molecule has 98 valence electrons. The molecule has 0 aliphatic carbocycles. The smallest absolute Gasteiger partial charge is 0.146 e. The third-order valence-corrected chi connectivity index (χ3v) is 3.36. The number of anilines is 1. The molecule has 2 aromatic rings. The highest BCUT2D eigenvalue weighted by Gasteiger charge is 2.11. The number of benzene rings is 2. The molecule has 1 aliphatic rings. The highest BCUT2D eigenvalue weighted by atomic mass is 19.1. The highest BCUT2D eigenvalue weighted by molar-refractivity contribution is 5.45. The lowest BCUT2D eigenvalue weighted by Crippen LogP contribution is -2.06. The summed E-state index contributed by atoms with van der Waals surface area (Å²) in [5, 5.41) is 3.12. The number of rotatable bonds is 4. The summed E-state index contributed by atoms with van der Waals surface area (Å²) in [7, 11) is 0. The van der Waals surface area contributed by atoms with E-state index in [4.69, 9.17) is 4.74 Å². The predicted octanol–water partition coefficient (Wildman–Crippen LogP) is 3.42. The first-order valence-corrected chi connectivity index (χ1v) is 6.56. The molecule has 1 aliphatic heterocycles. The second-order valence-corrected chi connectivity index (χ2v) is 4.70. The average molecular weight is 257 g/mol. The number of nitrogens with one attached hydrogen (secondary N) is 1. The number of para-hydroxylation sites is 1. The fourth-order valence-corrected chi connectivity index (χ4v) is 2.34. The Morgan fingerprint density at radius 2 is 2.05 bits per heavy atom. The molecular weight excluding hydrogens is 241 g/mol. The van der Waals surface area contributed by atoms with Crippen molar-refractivity contribution in [3.63, 3.8) is 0 Å². The van der Waals surface area contributed by atoms with E-state index < -0.39 is 0 Å². The first-order valence-electron chi connectivity index (χ1n) is 6.56. The van der Waals surface area contributed by atoms with Crippen molar-refractivity contribution < 1.29 is 9.13 Å². The van der Waals surface area contributed by atoms with Crippen molar-refractivity contribution in [3.8, 4) is 5.75 Å². The first kappa shape index (κ1) is 12.0. The van der Waals surface area contributed by atoms with E-state index in [-0.39, 0.29) is 5.82 Å². The number of hydrogen-bond acceptors (Lipinski definition) is 2. The molecule has 0 aromatic heterocycles. The summed E-state index contributed by atoms with van der Waals surface area (Å²) in [6.07, 6.45) is 1.87. The Kier molecular flexibility index (Phi) is 3.36. The second kappa shape index (κ2) is 5.31. The Labute approximate surface area is 112 Å². The Morgan fingerprint density at radius 3 is 2.95 bits per heavy atom. The maximum absolute atomic E-state index is 13.4. The molecule has 1 heterocycles. The molecule has 3 rings (SSSR count). The highest BCUT2D eigenvalue weighted by Crippen LogP contribution is 2.26. The first-order chi connectivity index (χ1) is 9.33. The van der Waals surface area contributed by atoms with Crippen LogP contribution in [0, 0.1) is 5.82 Å². The molecule has 2 aromatic carbocycles. The summed E-state index contributed by atoms with van der Waals surface area (Å²) >= 11 is 0. The van der Waals surface area contributed by atoms with Gasteiger partial charge in [-0.1, -0.05) is 24.3 Å². The van der Waals surface area contributed by atoms with E-state index in [1.54, 1.807) is 12.1 Å². The summed E-state index contributed by atoms with van der Waals surface area (Å²) in [6, 6.07) is 13.0. The van der Waals surface area contributed by atoms with Crippen LogP contribution in [0.1, 0.15) is 11.1 Å². The Bertz CT molecular complexity index is 583. The lowest BCUT2D eigenvalue weighted by atomic mass is 10.1. The van der Waals surface area contributed by atoms with Gasteiger partial charge in [0.15, 0.2) is 0 Å². The Balaban J connectivity index is 1.59. The number of halogens is 1. The van der Waals surface area contributed by atoms with Crippen LogP contribution in [-0.2, 0) is 12.8 Å². The molecule has 0 saturated heterocycles. The molecule has 1 N–H and O–H groups in total. The van der Waals surface area contributed by atoms with Crippen molar-refractivity contribution >= 4 is 5.69 Å². The van der Waals surface area contributed by atoms with Crippen LogP contribution < -0.4 is 10.1 Å². The topological polar surface area (TPSA) is 21.3 Å². The van der Waals surface area contributed by atoms with E-state index in [9.17, 15) is 4.39 Å². The SMILES string of the molecule is Fc1ccccc1NCCc1ccc2c(c1)CCO2. The number of fused-ring (bicyclic) bond motifs is 1. The van der Waals surface area contributed by atoms with Crippen LogP contribution in [-0.4, -0.2) is 13.2 Å². The molecule has 3 heteroatoms. The predicted molar refractivity (Wildman–Crippen MR) is 74.2 cm³/mol. The standard InChI is InChI=1S/C16H16FNO/c17-14-3-1-2-4-15(14)18-9-7-12-5-6-16-13(11-12)8-10-19-16/h1-6,11,18H,7-10H2. The summed E-state index contributed by atoms with van der Waals surface area (Å²) in [5.74, 6) is 0.802. The Morgan fingerprint density at radius 1 is 1.16 bits per heavy atom. The lowest BCUT2D eigenvalue weighted by Gasteiger charge is -2.08. The molecule has 0 bridgehead atoms. The fourth-order valence-electron chi connectivity index (χ4n) is 2.34. The van der Waals surface area contributed by atoms with Crippen LogP contribution in [0.2, 0.25) is 0 Å². The maximum atomic E-state index is 13.4. The van der Waals surface area contributed by atoms with E-state index >= 15 is 0 Å². The van der Waals surface area contributed by atoms with E-state index in [2.05, 4.69) is 17.4 Å². The van der Waals surface area contributed by atoms with Gasteiger partial charge in [0.25, 0.3) is 0 Å². The molecule has 0 unspecified atom stereocenters. The average Bonchev–Trinajstić information content (AvgIpc) is 2.88. The molecule has 2 nitrogen and oxygen atoms in total. The van der Waals surface area contributed by atoms with Crippen LogP contribution in [0.15, 0.2) is 42.5 Å². The van der Waals surface area contributed by atoms with Gasteiger partial charge in [0.05, 0.1) is 12.3 Å². The van der Waals surface area contributed by atoms with Crippen molar-refractivity contribution in [1.29, 1.82) is 0 Å². The van der Waals surface area contributed by atoms with E-state index in [1.807, 2.05) is 12.1 Å². The van der Waals surface area contributed by atoms with Crippen LogP contribution in [0.4, 0.5) is 10.1 Å². The van der Waals surface area contributed by atoms with Crippen molar-refractivity contribution in [2.45, 2.75) is 12.8 Å². The molecule has 0 radical (unpaired) electrons. The van der Waals surface area contributed by atoms with Gasteiger partial charge in [0, 0.05) is 13.0 Å². The minimum absolute atomic E-state index is 0.204. The monoisotopic (exact) mass is 257 g/mol. The zero-order valence-corrected chi connectivity index (χ0v) is 10.7. The normalized spacial score (nSPS) is 12.9. The van der Waals surface area contributed by atoms with Crippen molar-refractivity contribution in [2.75, 3.05) is 18.5 Å². The molecule has 0 atom stereocenters. The molecule has 0 spiro atoms. The largest absolute Gasteiger partial charge is 0.493 e. The summed E-state index contributed by atoms with van der Waals surface area (Å²) < 4.78 is 18.9.